The van der Waals surface area contributed by atoms with Gasteiger partial charge in [0.1, 0.15) is 10.3 Å². The van der Waals surface area contributed by atoms with E-state index in [0.29, 0.717) is 22.8 Å². The zero-order valence-corrected chi connectivity index (χ0v) is 12.3. The minimum Gasteiger partial charge on any atom is -0.350 e. The van der Waals surface area contributed by atoms with Crippen LogP contribution in [0.5, 0.6) is 0 Å². The molecule has 1 heterocycles. The number of nitrogens with one attached hydrogen (secondary N) is 1. The van der Waals surface area contributed by atoms with Gasteiger partial charge in [-0.05, 0) is 39.4 Å². The molecule has 4 heteroatoms. The molecule has 0 aromatic carbocycles. The van der Waals surface area contributed by atoms with Crippen molar-refractivity contribution < 1.29 is 4.79 Å². The molecule has 0 aliphatic rings. The van der Waals surface area contributed by atoms with E-state index in [4.69, 9.17) is 0 Å². The number of amides is 1. The molecule has 1 aromatic rings. The summed E-state index contributed by atoms with van der Waals surface area (Å²) in [6, 6.07) is 5.32. The van der Waals surface area contributed by atoms with E-state index in [1.54, 1.807) is 18.2 Å². The number of carbonyl (C=O) groups is 1. The van der Waals surface area contributed by atoms with E-state index in [9.17, 15) is 4.79 Å². The van der Waals surface area contributed by atoms with Crippen molar-refractivity contribution >= 4 is 21.8 Å². The highest BCUT2D eigenvalue weighted by Gasteiger charge is 2.20. The Morgan fingerprint density at radius 3 is 2.65 bits per heavy atom. The molecular formula is C13H19BrN2O. The Bertz CT molecular complexity index is 399. The Kier molecular flexibility index (Phi) is 4.69. The maximum absolute atomic E-state index is 11.8. The first kappa shape index (κ1) is 14.2. The van der Waals surface area contributed by atoms with Gasteiger partial charge in [0, 0.05) is 6.54 Å². The van der Waals surface area contributed by atoms with Gasteiger partial charge in [-0.15, -0.1) is 0 Å². The van der Waals surface area contributed by atoms with Gasteiger partial charge in [-0.3, -0.25) is 4.79 Å². The summed E-state index contributed by atoms with van der Waals surface area (Å²) in [4.78, 5) is 16.0. The van der Waals surface area contributed by atoms with Gasteiger partial charge >= 0.3 is 0 Å². The third-order valence-corrected chi connectivity index (χ3v) is 3.44. The Balaban J connectivity index is 2.57. The van der Waals surface area contributed by atoms with Crippen molar-refractivity contribution in [2.75, 3.05) is 6.54 Å². The number of halogens is 1. The standard InChI is InChI=1S/C13H19BrN2O/c1-9(13(2,3)4)8-15-12(17)10-6-5-7-11(14)16-10/h5-7,9H,8H2,1-4H3,(H,15,17). The first-order valence-corrected chi connectivity index (χ1v) is 6.51. The van der Waals surface area contributed by atoms with Crippen molar-refractivity contribution in [2.45, 2.75) is 27.7 Å². The third kappa shape index (κ3) is 4.46. The molecule has 0 aliphatic carbocycles. The van der Waals surface area contributed by atoms with E-state index >= 15 is 0 Å². The molecule has 0 bridgehead atoms. The summed E-state index contributed by atoms with van der Waals surface area (Å²) in [7, 11) is 0. The summed E-state index contributed by atoms with van der Waals surface area (Å²) < 4.78 is 0.675. The van der Waals surface area contributed by atoms with Crippen LogP contribution >= 0.6 is 15.9 Å². The average Bonchev–Trinajstić information content (AvgIpc) is 2.24. The zero-order chi connectivity index (χ0) is 13.1. The predicted octanol–water partition coefficient (Wildman–Crippen LogP) is 3.26. The lowest BCUT2D eigenvalue weighted by atomic mass is 9.82. The van der Waals surface area contributed by atoms with E-state index in [-0.39, 0.29) is 11.3 Å². The van der Waals surface area contributed by atoms with Crippen LogP contribution in [-0.4, -0.2) is 17.4 Å². The molecule has 0 saturated heterocycles. The third-order valence-electron chi connectivity index (χ3n) is 2.99. The molecule has 1 N–H and O–H groups in total. The van der Waals surface area contributed by atoms with Crippen LogP contribution in [0.1, 0.15) is 38.2 Å². The maximum Gasteiger partial charge on any atom is 0.269 e. The number of rotatable bonds is 3. The van der Waals surface area contributed by atoms with Crippen LogP contribution in [-0.2, 0) is 0 Å². The second-order valence-electron chi connectivity index (χ2n) is 5.32. The average molecular weight is 299 g/mol. The van der Waals surface area contributed by atoms with Crippen LogP contribution < -0.4 is 5.32 Å². The second-order valence-corrected chi connectivity index (χ2v) is 6.14. The molecular weight excluding hydrogens is 280 g/mol. The van der Waals surface area contributed by atoms with Gasteiger partial charge < -0.3 is 5.32 Å². The van der Waals surface area contributed by atoms with Crippen LogP contribution in [0.3, 0.4) is 0 Å². The molecule has 0 saturated carbocycles. The summed E-state index contributed by atoms with van der Waals surface area (Å²) >= 11 is 3.25. The fourth-order valence-electron chi connectivity index (χ4n) is 1.18. The normalized spacial score (nSPS) is 13.2. The van der Waals surface area contributed by atoms with Crippen molar-refractivity contribution in [3.63, 3.8) is 0 Å². The van der Waals surface area contributed by atoms with Crippen LogP contribution in [0.4, 0.5) is 0 Å². The van der Waals surface area contributed by atoms with Crippen LogP contribution in [0, 0.1) is 11.3 Å². The number of nitrogens with zero attached hydrogens (tertiary/aromatic N) is 1. The molecule has 3 nitrogen and oxygen atoms in total. The molecule has 1 rings (SSSR count). The first-order valence-electron chi connectivity index (χ1n) is 5.71. The predicted molar refractivity (Wildman–Crippen MR) is 72.9 cm³/mol. The Hall–Kier alpha value is -0.900. The van der Waals surface area contributed by atoms with Crippen LogP contribution in [0.2, 0.25) is 0 Å². The minimum atomic E-state index is -0.123. The largest absolute Gasteiger partial charge is 0.350 e. The van der Waals surface area contributed by atoms with Crippen molar-refractivity contribution in [2.24, 2.45) is 11.3 Å². The lowest BCUT2D eigenvalue weighted by Crippen LogP contribution is -2.34. The fourth-order valence-corrected chi connectivity index (χ4v) is 1.52. The first-order chi connectivity index (χ1) is 7.80. The van der Waals surface area contributed by atoms with Gasteiger partial charge in [-0.1, -0.05) is 33.8 Å². The van der Waals surface area contributed by atoms with E-state index in [1.165, 1.54) is 0 Å². The fraction of sp³-hybridized carbons (Fsp3) is 0.538. The maximum atomic E-state index is 11.8. The number of aromatic nitrogens is 1. The highest BCUT2D eigenvalue weighted by atomic mass is 79.9. The minimum absolute atomic E-state index is 0.123. The van der Waals surface area contributed by atoms with E-state index in [0.717, 1.165) is 0 Å². The highest BCUT2D eigenvalue weighted by Crippen LogP contribution is 2.24. The summed E-state index contributed by atoms with van der Waals surface area (Å²) in [5, 5.41) is 2.91. The number of hydrogen-bond acceptors (Lipinski definition) is 2. The highest BCUT2D eigenvalue weighted by molar-refractivity contribution is 9.10. The molecule has 0 radical (unpaired) electrons. The van der Waals surface area contributed by atoms with Gasteiger partial charge in [0.05, 0.1) is 0 Å². The molecule has 17 heavy (non-hydrogen) atoms. The van der Waals surface area contributed by atoms with E-state index < -0.39 is 0 Å². The SMILES string of the molecule is CC(CNC(=O)c1cccc(Br)n1)C(C)(C)C. The molecule has 94 valence electrons. The van der Waals surface area contributed by atoms with Crippen molar-refractivity contribution in [3.05, 3.63) is 28.5 Å². The van der Waals surface area contributed by atoms with Gasteiger partial charge in [0.25, 0.3) is 5.91 Å². The molecule has 1 atom stereocenters. The molecule has 1 amide bonds. The number of carbonyl (C=O) groups excluding carboxylic acids is 1. The van der Waals surface area contributed by atoms with Gasteiger partial charge in [-0.2, -0.15) is 0 Å². The van der Waals surface area contributed by atoms with Gasteiger partial charge in [0.2, 0.25) is 0 Å². The summed E-state index contributed by atoms with van der Waals surface area (Å²) in [5.74, 6) is 0.293. The molecule has 0 aliphatic heterocycles. The van der Waals surface area contributed by atoms with Crippen molar-refractivity contribution in [1.82, 2.24) is 10.3 Å². The zero-order valence-electron chi connectivity index (χ0n) is 10.7. The summed E-state index contributed by atoms with van der Waals surface area (Å²) in [6.45, 7) is 9.30. The van der Waals surface area contributed by atoms with E-state index in [2.05, 4.69) is 53.9 Å². The number of hydrogen-bond donors (Lipinski definition) is 1. The van der Waals surface area contributed by atoms with E-state index in [1.807, 2.05) is 0 Å². The Labute approximate surface area is 111 Å². The number of pyridine rings is 1. The lowest BCUT2D eigenvalue weighted by Gasteiger charge is -2.27. The van der Waals surface area contributed by atoms with Crippen LogP contribution in [0.15, 0.2) is 22.8 Å². The second kappa shape index (κ2) is 5.63. The van der Waals surface area contributed by atoms with Crippen molar-refractivity contribution in [1.29, 1.82) is 0 Å². The lowest BCUT2D eigenvalue weighted by molar-refractivity contribution is 0.0932. The monoisotopic (exact) mass is 298 g/mol. The van der Waals surface area contributed by atoms with Crippen LogP contribution in [0.25, 0.3) is 0 Å². The molecule has 0 fully saturated rings. The van der Waals surface area contributed by atoms with Gasteiger partial charge in [-0.25, -0.2) is 4.98 Å². The molecule has 1 aromatic heterocycles. The Morgan fingerprint density at radius 1 is 1.47 bits per heavy atom. The Morgan fingerprint density at radius 2 is 2.12 bits per heavy atom. The molecule has 1 unspecified atom stereocenters. The smallest absolute Gasteiger partial charge is 0.269 e. The molecule has 0 spiro atoms. The summed E-state index contributed by atoms with van der Waals surface area (Å²) in [6.07, 6.45) is 0. The summed E-state index contributed by atoms with van der Waals surface area (Å²) in [5.41, 5.74) is 0.637. The quantitative estimate of drug-likeness (QED) is 0.870. The topological polar surface area (TPSA) is 42.0 Å². The van der Waals surface area contributed by atoms with Crippen molar-refractivity contribution in [3.8, 4) is 0 Å². The van der Waals surface area contributed by atoms with Gasteiger partial charge in [0.15, 0.2) is 0 Å².